The Morgan fingerprint density at radius 1 is 1.62 bits per heavy atom. The zero-order chi connectivity index (χ0) is 10.1. The Balaban J connectivity index is 3.45. The van der Waals surface area contributed by atoms with Gasteiger partial charge in [0, 0.05) is 0 Å². The maximum atomic E-state index is 11.2. The molecule has 78 valence electrons. The molecule has 3 nitrogen and oxygen atoms in total. The fourth-order valence-corrected chi connectivity index (χ4v) is 1.28. The van der Waals surface area contributed by atoms with Gasteiger partial charge in [0.05, 0.1) is 6.61 Å². The number of carbonyl (C=O) groups is 1. The summed E-state index contributed by atoms with van der Waals surface area (Å²) in [5, 5.41) is 0. The van der Waals surface area contributed by atoms with E-state index in [1.807, 2.05) is 6.26 Å². The Hall–Kier alpha value is -0.220. The van der Waals surface area contributed by atoms with Crippen LogP contribution in [0, 0.1) is 0 Å². The van der Waals surface area contributed by atoms with Gasteiger partial charge in [-0.15, -0.1) is 0 Å². The van der Waals surface area contributed by atoms with E-state index in [1.54, 1.807) is 11.8 Å². The average molecular weight is 205 g/mol. The standard InChI is InChI=1S/C9H19NO2S/c1-3-4-6-12-9(11)8(10)5-7-13-2/h8H,3-7,10H2,1-2H3/t8-/m0/s1. The minimum Gasteiger partial charge on any atom is -0.465 e. The predicted molar refractivity (Wildman–Crippen MR) is 56.8 cm³/mol. The molecule has 0 spiro atoms. The van der Waals surface area contributed by atoms with Gasteiger partial charge in [0.25, 0.3) is 0 Å². The van der Waals surface area contributed by atoms with Crippen LogP contribution >= 0.6 is 11.8 Å². The first-order chi connectivity index (χ1) is 6.22. The molecule has 1 atom stereocenters. The average Bonchev–Trinajstić information content (AvgIpc) is 2.14. The monoisotopic (exact) mass is 205 g/mol. The number of hydrogen-bond donors (Lipinski definition) is 1. The first-order valence-corrected chi connectivity index (χ1v) is 6.03. The van der Waals surface area contributed by atoms with Gasteiger partial charge in [-0.2, -0.15) is 11.8 Å². The normalized spacial score (nSPS) is 12.5. The summed E-state index contributed by atoms with van der Waals surface area (Å²) in [5.41, 5.74) is 5.60. The molecule has 0 aromatic rings. The van der Waals surface area contributed by atoms with Gasteiger partial charge in [-0.1, -0.05) is 13.3 Å². The van der Waals surface area contributed by atoms with Crippen LogP contribution in [0.25, 0.3) is 0 Å². The van der Waals surface area contributed by atoms with E-state index in [-0.39, 0.29) is 5.97 Å². The zero-order valence-electron chi connectivity index (χ0n) is 8.41. The van der Waals surface area contributed by atoms with E-state index in [9.17, 15) is 4.79 Å². The van der Waals surface area contributed by atoms with Crippen LogP contribution in [0.3, 0.4) is 0 Å². The molecule has 0 unspecified atom stereocenters. The molecule has 13 heavy (non-hydrogen) atoms. The Kier molecular flexibility index (Phi) is 8.24. The van der Waals surface area contributed by atoms with Crippen molar-refractivity contribution in [2.24, 2.45) is 5.73 Å². The zero-order valence-corrected chi connectivity index (χ0v) is 9.23. The van der Waals surface area contributed by atoms with Crippen LogP contribution in [0.15, 0.2) is 0 Å². The van der Waals surface area contributed by atoms with Gasteiger partial charge in [-0.3, -0.25) is 4.79 Å². The van der Waals surface area contributed by atoms with Gasteiger partial charge >= 0.3 is 5.97 Å². The number of carbonyl (C=O) groups excluding carboxylic acids is 1. The lowest BCUT2D eigenvalue weighted by atomic mass is 10.2. The summed E-state index contributed by atoms with van der Waals surface area (Å²) in [4.78, 5) is 11.2. The van der Waals surface area contributed by atoms with Crippen molar-refractivity contribution in [3.8, 4) is 0 Å². The highest BCUT2D eigenvalue weighted by molar-refractivity contribution is 7.98. The van der Waals surface area contributed by atoms with Gasteiger partial charge < -0.3 is 10.5 Å². The molecule has 0 aromatic carbocycles. The number of unbranched alkanes of at least 4 members (excludes halogenated alkanes) is 1. The van der Waals surface area contributed by atoms with E-state index in [2.05, 4.69) is 6.92 Å². The van der Waals surface area contributed by atoms with Crippen LogP contribution in [0.2, 0.25) is 0 Å². The van der Waals surface area contributed by atoms with E-state index in [0.29, 0.717) is 13.0 Å². The van der Waals surface area contributed by atoms with Crippen LogP contribution in [0.5, 0.6) is 0 Å². The van der Waals surface area contributed by atoms with E-state index in [0.717, 1.165) is 18.6 Å². The highest BCUT2D eigenvalue weighted by Gasteiger charge is 2.13. The number of ether oxygens (including phenoxy) is 1. The van der Waals surface area contributed by atoms with Crippen LogP contribution in [0.4, 0.5) is 0 Å². The summed E-state index contributed by atoms with van der Waals surface area (Å²) in [7, 11) is 0. The van der Waals surface area contributed by atoms with Gasteiger partial charge in [-0.25, -0.2) is 0 Å². The Labute approximate surface area is 84.4 Å². The quantitative estimate of drug-likeness (QED) is 0.504. The maximum absolute atomic E-state index is 11.2. The van der Waals surface area contributed by atoms with Gasteiger partial charge in [0.2, 0.25) is 0 Å². The molecule has 0 heterocycles. The highest BCUT2D eigenvalue weighted by atomic mass is 32.2. The number of hydrogen-bond acceptors (Lipinski definition) is 4. The van der Waals surface area contributed by atoms with Crippen molar-refractivity contribution in [2.75, 3.05) is 18.6 Å². The number of thioether (sulfide) groups is 1. The van der Waals surface area contributed by atoms with Crippen molar-refractivity contribution >= 4 is 17.7 Å². The first-order valence-electron chi connectivity index (χ1n) is 4.63. The van der Waals surface area contributed by atoms with Crippen LogP contribution in [-0.4, -0.2) is 30.6 Å². The Morgan fingerprint density at radius 3 is 2.85 bits per heavy atom. The van der Waals surface area contributed by atoms with E-state index >= 15 is 0 Å². The molecule has 0 radical (unpaired) electrons. The molecule has 0 aliphatic heterocycles. The molecule has 2 N–H and O–H groups in total. The molecule has 0 amide bonds. The number of esters is 1. The van der Waals surface area contributed by atoms with Crippen LogP contribution in [0.1, 0.15) is 26.2 Å². The summed E-state index contributed by atoms with van der Waals surface area (Å²) < 4.78 is 4.97. The van der Waals surface area contributed by atoms with Crippen LogP contribution in [-0.2, 0) is 9.53 Å². The van der Waals surface area contributed by atoms with Crippen molar-refractivity contribution in [3.05, 3.63) is 0 Å². The Bertz CT molecular complexity index is 142. The van der Waals surface area contributed by atoms with Crippen molar-refractivity contribution < 1.29 is 9.53 Å². The van der Waals surface area contributed by atoms with Gasteiger partial charge in [0.15, 0.2) is 0 Å². The highest BCUT2D eigenvalue weighted by Crippen LogP contribution is 2.00. The maximum Gasteiger partial charge on any atom is 0.322 e. The van der Waals surface area contributed by atoms with Crippen molar-refractivity contribution in [2.45, 2.75) is 32.2 Å². The molecule has 0 saturated heterocycles. The molecule has 0 aromatic heterocycles. The molecular weight excluding hydrogens is 186 g/mol. The van der Waals surface area contributed by atoms with E-state index in [1.165, 1.54) is 0 Å². The number of nitrogens with two attached hydrogens (primary N) is 1. The summed E-state index contributed by atoms with van der Waals surface area (Å²) >= 11 is 1.69. The minimum absolute atomic E-state index is 0.262. The first kappa shape index (κ1) is 12.8. The van der Waals surface area contributed by atoms with Gasteiger partial charge in [-0.05, 0) is 24.9 Å². The molecule has 0 bridgehead atoms. The second-order valence-electron chi connectivity index (χ2n) is 2.91. The smallest absolute Gasteiger partial charge is 0.322 e. The molecule has 0 aliphatic carbocycles. The topological polar surface area (TPSA) is 52.3 Å². The van der Waals surface area contributed by atoms with Crippen molar-refractivity contribution in [1.29, 1.82) is 0 Å². The SMILES string of the molecule is CCCCOC(=O)[C@@H](N)CCSC. The molecule has 0 rings (SSSR count). The van der Waals surface area contributed by atoms with Crippen molar-refractivity contribution in [1.82, 2.24) is 0 Å². The number of rotatable bonds is 7. The third kappa shape index (κ3) is 6.90. The minimum atomic E-state index is -0.440. The lowest BCUT2D eigenvalue weighted by Gasteiger charge is -2.09. The Morgan fingerprint density at radius 2 is 2.31 bits per heavy atom. The molecule has 0 fully saturated rings. The third-order valence-corrected chi connectivity index (χ3v) is 2.32. The summed E-state index contributed by atoms with van der Waals surface area (Å²) in [5.74, 6) is 0.645. The van der Waals surface area contributed by atoms with E-state index < -0.39 is 6.04 Å². The fraction of sp³-hybridized carbons (Fsp3) is 0.889. The predicted octanol–water partition coefficient (Wildman–Crippen LogP) is 1.41. The second-order valence-corrected chi connectivity index (χ2v) is 3.89. The molecule has 0 aliphatic rings. The lowest BCUT2D eigenvalue weighted by molar-refractivity contribution is -0.145. The largest absolute Gasteiger partial charge is 0.465 e. The van der Waals surface area contributed by atoms with E-state index in [4.69, 9.17) is 10.5 Å². The summed E-state index contributed by atoms with van der Waals surface area (Å²) in [6.45, 7) is 2.56. The molecule has 4 heteroatoms. The summed E-state index contributed by atoms with van der Waals surface area (Å²) in [6.07, 6.45) is 4.65. The fourth-order valence-electron chi connectivity index (χ4n) is 0.787. The second kappa shape index (κ2) is 8.38. The van der Waals surface area contributed by atoms with Crippen molar-refractivity contribution in [3.63, 3.8) is 0 Å². The van der Waals surface area contributed by atoms with Crippen LogP contribution < -0.4 is 5.73 Å². The van der Waals surface area contributed by atoms with Gasteiger partial charge in [0.1, 0.15) is 6.04 Å². The molecular formula is C9H19NO2S. The lowest BCUT2D eigenvalue weighted by Crippen LogP contribution is -2.33. The summed E-state index contributed by atoms with van der Waals surface area (Å²) in [6, 6.07) is -0.440. The molecule has 0 saturated carbocycles. The third-order valence-electron chi connectivity index (χ3n) is 1.68.